The molecule has 0 atom stereocenters. The lowest BCUT2D eigenvalue weighted by molar-refractivity contribution is -0.123. The third kappa shape index (κ3) is 5.82. The minimum atomic E-state index is -0.549. The summed E-state index contributed by atoms with van der Waals surface area (Å²) in [6, 6.07) is 13.1. The van der Waals surface area contributed by atoms with Crippen LogP contribution in [-0.2, 0) is 16.1 Å². The Bertz CT molecular complexity index is 772. The number of ether oxygens (including phenoxy) is 2. The number of anilines is 1. The molecule has 0 saturated carbocycles. The van der Waals surface area contributed by atoms with E-state index in [0.29, 0.717) is 23.5 Å². The molecular weight excluding hydrogens is 338 g/mol. The van der Waals surface area contributed by atoms with Crippen LogP contribution in [0.3, 0.4) is 0 Å². The Morgan fingerprint density at radius 1 is 1.00 bits per heavy atom. The van der Waals surface area contributed by atoms with Crippen molar-refractivity contribution in [2.45, 2.75) is 6.54 Å². The van der Waals surface area contributed by atoms with Crippen LogP contribution < -0.4 is 21.1 Å². The van der Waals surface area contributed by atoms with Crippen molar-refractivity contribution in [1.29, 1.82) is 0 Å². The number of benzene rings is 2. The molecule has 2 rings (SSSR count). The Hall–Kier alpha value is -3.55. The number of carbonyl (C=O) groups excluding carboxylic acids is 3. The van der Waals surface area contributed by atoms with E-state index < -0.39 is 12.0 Å². The lowest BCUT2D eigenvalue weighted by Gasteiger charge is -2.09. The maximum atomic E-state index is 11.8. The second kappa shape index (κ2) is 9.07. The van der Waals surface area contributed by atoms with E-state index in [9.17, 15) is 14.4 Å². The molecule has 0 heterocycles. The quantitative estimate of drug-likeness (QED) is 0.696. The van der Waals surface area contributed by atoms with Crippen molar-refractivity contribution in [2.24, 2.45) is 5.73 Å². The molecule has 2 aromatic rings. The van der Waals surface area contributed by atoms with Crippen LogP contribution >= 0.6 is 0 Å². The highest BCUT2D eigenvalue weighted by Gasteiger charge is 2.05. The summed E-state index contributed by atoms with van der Waals surface area (Å²) in [5, 5.41) is 5.26. The number of nitrogens with one attached hydrogen (secondary N) is 2. The molecule has 0 spiro atoms. The average molecular weight is 357 g/mol. The topological polar surface area (TPSA) is 120 Å². The fourth-order valence-corrected chi connectivity index (χ4v) is 1.99. The molecule has 0 radical (unpaired) electrons. The van der Waals surface area contributed by atoms with Crippen molar-refractivity contribution in [3.05, 3.63) is 59.7 Å². The van der Waals surface area contributed by atoms with Crippen molar-refractivity contribution in [3.8, 4) is 5.75 Å². The Morgan fingerprint density at radius 3 is 2.23 bits per heavy atom. The molecule has 0 aliphatic rings. The van der Waals surface area contributed by atoms with Crippen molar-refractivity contribution in [3.63, 3.8) is 0 Å². The Balaban J connectivity index is 1.76. The molecule has 0 fully saturated rings. The van der Waals surface area contributed by atoms with Crippen LogP contribution in [0, 0.1) is 0 Å². The molecule has 26 heavy (non-hydrogen) atoms. The van der Waals surface area contributed by atoms with Crippen molar-refractivity contribution >= 4 is 23.6 Å². The predicted molar refractivity (Wildman–Crippen MR) is 94.8 cm³/mol. The van der Waals surface area contributed by atoms with E-state index in [1.165, 1.54) is 19.2 Å². The van der Waals surface area contributed by atoms with E-state index in [-0.39, 0.29) is 12.5 Å². The van der Waals surface area contributed by atoms with Crippen molar-refractivity contribution in [2.75, 3.05) is 19.0 Å². The summed E-state index contributed by atoms with van der Waals surface area (Å²) in [7, 11) is 1.29. The molecule has 0 saturated heterocycles. The molecular formula is C18H19N3O5. The largest absolute Gasteiger partial charge is 0.484 e. The van der Waals surface area contributed by atoms with E-state index in [2.05, 4.69) is 15.4 Å². The van der Waals surface area contributed by atoms with Crippen LogP contribution in [0.1, 0.15) is 15.9 Å². The third-order valence-corrected chi connectivity index (χ3v) is 3.38. The molecule has 0 bridgehead atoms. The van der Waals surface area contributed by atoms with Crippen LogP contribution in [0.5, 0.6) is 5.75 Å². The number of hydrogen-bond acceptors (Lipinski definition) is 5. The third-order valence-electron chi connectivity index (χ3n) is 3.38. The van der Waals surface area contributed by atoms with Gasteiger partial charge in [0.1, 0.15) is 5.75 Å². The molecule has 136 valence electrons. The summed E-state index contributed by atoms with van der Waals surface area (Å²) in [6.45, 7) is 0.166. The van der Waals surface area contributed by atoms with Crippen LogP contribution in [0.15, 0.2) is 48.5 Å². The molecule has 0 unspecified atom stereocenters. The van der Waals surface area contributed by atoms with E-state index in [1.54, 1.807) is 36.4 Å². The lowest BCUT2D eigenvalue weighted by Crippen LogP contribution is -2.28. The van der Waals surface area contributed by atoms with Gasteiger partial charge < -0.3 is 20.5 Å². The van der Waals surface area contributed by atoms with Gasteiger partial charge >= 0.3 is 6.09 Å². The van der Waals surface area contributed by atoms with Gasteiger partial charge in [-0.25, -0.2) is 4.79 Å². The highest BCUT2D eigenvalue weighted by molar-refractivity contribution is 5.92. The van der Waals surface area contributed by atoms with E-state index in [1.807, 2.05) is 0 Å². The summed E-state index contributed by atoms with van der Waals surface area (Å²) in [4.78, 5) is 33.9. The molecule has 4 N–H and O–H groups in total. The highest BCUT2D eigenvalue weighted by atomic mass is 16.5. The number of amides is 3. The number of hydrogen-bond donors (Lipinski definition) is 3. The van der Waals surface area contributed by atoms with Crippen molar-refractivity contribution < 1.29 is 23.9 Å². The van der Waals surface area contributed by atoms with Gasteiger partial charge in [0.15, 0.2) is 6.61 Å². The fraction of sp³-hybridized carbons (Fsp3) is 0.167. The minimum absolute atomic E-state index is 0.155. The first-order valence-corrected chi connectivity index (χ1v) is 7.71. The molecule has 8 nitrogen and oxygen atoms in total. The molecule has 3 amide bonds. The molecule has 2 aromatic carbocycles. The van der Waals surface area contributed by atoms with E-state index >= 15 is 0 Å². The Labute approximate surface area is 150 Å². The first-order chi connectivity index (χ1) is 12.5. The standard InChI is InChI=1S/C18H19N3O5/c1-25-18(24)21-14-6-2-12(3-7-14)10-20-16(22)11-26-15-8-4-13(5-9-15)17(19)23/h2-9H,10-11H2,1H3,(H2,19,23)(H,20,22)(H,21,24). The van der Waals surface area contributed by atoms with Gasteiger partial charge in [0.2, 0.25) is 5.91 Å². The normalized spacial score (nSPS) is 9.88. The maximum absolute atomic E-state index is 11.8. The molecule has 8 heteroatoms. The SMILES string of the molecule is COC(=O)Nc1ccc(CNC(=O)COc2ccc(C(N)=O)cc2)cc1. The van der Waals surface area contributed by atoms with E-state index in [4.69, 9.17) is 10.5 Å². The second-order valence-electron chi connectivity index (χ2n) is 5.27. The van der Waals surface area contributed by atoms with Gasteiger partial charge in [-0.1, -0.05) is 12.1 Å². The number of methoxy groups -OCH3 is 1. The Kier molecular flexibility index (Phi) is 6.55. The maximum Gasteiger partial charge on any atom is 0.411 e. The zero-order valence-corrected chi connectivity index (χ0v) is 14.2. The average Bonchev–Trinajstić information content (AvgIpc) is 2.66. The number of primary amides is 1. The molecule has 0 aliphatic heterocycles. The monoisotopic (exact) mass is 357 g/mol. The fourth-order valence-electron chi connectivity index (χ4n) is 1.99. The summed E-state index contributed by atoms with van der Waals surface area (Å²) in [5.74, 6) is -0.355. The van der Waals surface area contributed by atoms with Crippen LogP contribution in [0.25, 0.3) is 0 Å². The first kappa shape index (κ1) is 18.8. The summed E-state index contributed by atoms with van der Waals surface area (Å²) in [5.41, 5.74) is 6.97. The predicted octanol–water partition coefficient (Wildman–Crippen LogP) is 1.66. The summed E-state index contributed by atoms with van der Waals surface area (Å²) in [6.07, 6.45) is -0.549. The van der Waals surface area contributed by atoms with Crippen LogP contribution in [-0.4, -0.2) is 31.6 Å². The Morgan fingerprint density at radius 2 is 1.65 bits per heavy atom. The van der Waals surface area contributed by atoms with Gasteiger partial charge in [-0.15, -0.1) is 0 Å². The second-order valence-corrected chi connectivity index (χ2v) is 5.27. The van der Waals surface area contributed by atoms with Crippen molar-refractivity contribution in [1.82, 2.24) is 5.32 Å². The van der Waals surface area contributed by atoms with Gasteiger partial charge in [-0.2, -0.15) is 0 Å². The highest BCUT2D eigenvalue weighted by Crippen LogP contribution is 2.12. The van der Waals surface area contributed by atoms with Gasteiger partial charge in [0.05, 0.1) is 7.11 Å². The van der Waals surface area contributed by atoms with Gasteiger partial charge in [0.25, 0.3) is 5.91 Å². The van der Waals surface area contributed by atoms with Gasteiger partial charge in [0, 0.05) is 17.8 Å². The van der Waals surface area contributed by atoms with E-state index in [0.717, 1.165) is 5.56 Å². The number of rotatable bonds is 7. The summed E-state index contributed by atoms with van der Waals surface area (Å²) >= 11 is 0. The molecule has 0 aliphatic carbocycles. The van der Waals surface area contributed by atoms with Gasteiger partial charge in [-0.3, -0.25) is 14.9 Å². The smallest absolute Gasteiger partial charge is 0.411 e. The summed E-state index contributed by atoms with van der Waals surface area (Å²) < 4.78 is 9.84. The zero-order chi connectivity index (χ0) is 18.9. The lowest BCUT2D eigenvalue weighted by atomic mass is 10.2. The minimum Gasteiger partial charge on any atom is -0.484 e. The van der Waals surface area contributed by atoms with Crippen LogP contribution in [0.2, 0.25) is 0 Å². The van der Waals surface area contributed by atoms with Gasteiger partial charge in [-0.05, 0) is 42.0 Å². The number of carbonyl (C=O) groups is 3. The first-order valence-electron chi connectivity index (χ1n) is 7.71. The number of nitrogens with two attached hydrogens (primary N) is 1. The zero-order valence-electron chi connectivity index (χ0n) is 14.2. The molecule has 0 aromatic heterocycles. The van der Waals surface area contributed by atoms with Crippen LogP contribution in [0.4, 0.5) is 10.5 Å².